The van der Waals surface area contributed by atoms with Gasteiger partial charge in [0.25, 0.3) is 0 Å². The van der Waals surface area contributed by atoms with Crippen LogP contribution in [0.4, 0.5) is 15.9 Å². The Morgan fingerprint density at radius 1 is 1.10 bits per heavy atom. The summed E-state index contributed by atoms with van der Waals surface area (Å²) >= 11 is 0. The van der Waals surface area contributed by atoms with Crippen molar-refractivity contribution in [2.75, 3.05) is 31.1 Å². The van der Waals surface area contributed by atoms with Gasteiger partial charge in [0.15, 0.2) is 5.96 Å². The Kier molecular flexibility index (Phi) is 5.23. The van der Waals surface area contributed by atoms with E-state index in [0.29, 0.717) is 49.2 Å². The number of benzene rings is 2. The Labute approximate surface area is 175 Å². The molecule has 1 fully saturated rings. The van der Waals surface area contributed by atoms with Crippen molar-refractivity contribution in [1.29, 1.82) is 5.26 Å². The summed E-state index contributed by atoms with van der Waals surface area (Å²) in [4.78, 5) is 13.3. The first kappa shape index (κ1) is 19.6. The number of pyridine rings is 1. The van der Waals surface area contributed by atoms with Gasteiger partial charge in [-0.2, -0.15) is 5.26 Å². The molecule has 3 aromatic rings. The van der Waals surface area contributed by atoms with Crippen LogP contribution in [0.3, 0.4) is 0 Å². The molecule has 2 heterocycles. The molecule has 4 rings (SSSR count). The molecule has 0 aliphatic carbocycles. The lowest BCUT2D eigenvalue weighted by Gasteiger charge is -2.36. The van der Waals surface area contributed by atoms with Crippen LogP contribution in [0.5, 0.6) is 0 Å². The fraction of sp³-hybridized carbons (Fsp3) is 0.261. The summed E-state index contributed by atoms with van der Waals surface area (Å²) < 4.78 is 13.3. The molecule has 0 saturated carbocycles. The zero-order valence-corrected chi connectivity index (χ0v) is 17.1. The van der Waals surface area contributed by atoms with Gasteiger partial charge in [0.05, 0.1) is 16.8 Å². The average molecular weight is 402 g/mol. The number of nitriles is 1. The van der Waals surface area contributed by atoms with E-state index in [1.165, 1.54) is 12.1 Å². The van der Waals surface area contributed by atoms with E-state index in [1.54, 1.807) is 6.07 Å². The summed E-state index contributed by atoms with van der Waals surface area (Å²) in [6, 6.07) is 14.7. The third-order valence-electron chi connectivity index (χ3n) is 5.37. The Morgan fingerprint density at radius 2 is 1.87 bits per heavy atom. The van der Waals surface area contributed by atoms with Crippen molar-refractivity contribution < 1.29 is 4.39 Å². The van der Waals surface area contributed by atoms with E-state index in [1.807, 2.05) is 43.0 Å². The van der Waals surface area contributed by atoms with Crippen molar-refractivity contribution in [2.45, 2.75) is 13.8 Å². The van der Waals surface area contributed by atoms with Crippen molar-refractivity contribution in [1.82, 2.24) is 9.88 Å². The second kappa shape index (κ2) is 7.99. The van der Waals surface area contributed by atoms with Crippen LogP contribution in [-0.4, -0.2) is 42.0 Å². The summed E-state index contributed by atoms with van der Waals surface area (Å²) in [5.74, 6) is 0.829. The molecule has 1 aliphatic heterocycles. The predicted molar refractivity (Wildman–Crippen MR) is 117 cm³/mol. The van der Waals surface area contributed by atoms with Gasteiger partial charge in [0, 0.05) is 31.6 Å². The predicted octanol–water partition coefficient (Wildman–Crippen LogP) is 3.63. The molecule has 152 valence electrons. The van der Waals surface area contributed by atoms with Gasteiger partial charge in [-0.3, -0.25) is 0 Å². The number of halogens is 1. The molecular formula is C23H23FN6. The minimum absolute atomic E-state index is 0.287. The highest BCUT2D eigenvalue weighted by atomic mass is 19.1. The Bertz CT molecular complexity index is 1170. The average Bonchev–Trinajstić information content (AvgIpc) is 2.74. The maximum atomic E-state index is 13.3. The third kappa shape index (κ3) is 3.90. The van der Waals surface area contributed by atoms with Crippen molar-refractivity contribution in [3.05, 3.63) is 65.0 Å². The van der Waals surface area contributed by atoms with E-state index < -0.39 is 0 Å². The van der Waals surface area contributed by atoms with Gasteiger partial charge in [-0.1, -0.05) is 11.6 Å². The highest BCUT2D eigenvalue weighted by Crippen LogP contribution is 2.25. The molecule has 30 heavy (non-hydrogen) atoms. The van der Waals surface area contributed by atoms with E-state index in [9.17, 15) is 9.65 Å². The number of aryl methyl sites for hydroxylation is 2. The highest BCUT2D eigenvalue weighted by Gasteiger charge is 2.22. The van der Waals surface area contributed by atoms with Gasteiger partial charge in [-0.15, -0.1) is 0 Å². The second-order valence-corrected chi connectivity index (χ2v) is 7.54. The van der Waals surface area contributed by atoms with Gasteiger partial charge < -0.3 is 15.5 Å². The van der Waals surface area contributed by atoms with E-state index >= 15 is 0 Å². The number of hydrogen-bond acceptors (Lipinski definition) is 4. The first-order valence-corrected chi connectivity index (χ1v) is 9.86. The number of aliphatic imine (C=N–C) groups is 1. The van der Waals surface area contributed by atoms with Crippen LogP contribution >= 0.6 is 0 Å². The standard InChI is InChI=1S/C23H23FN6/c1-15-3-5-21-17(11-15)13-18(14-25)22(27-21)29-7-9-30(10-8-29)23(26)28-20-6-4-19(24)12-16(20)2/h3-6,11-13H,7-10H2,1-2H3,(H2,26,28). The molecular weight excluding hydrogens is 379 g/mol. The molecule has 0 bridgehead atoms. The Balaban J connectivity index is 1.52. The lowest BCUT2D eigenvalue weighted by atomic mass is 10.1. The molecule has 0 unspecified atom stereocenters. The molecule has 2 aromatic carbocycles. The summed E-state index contributed by atoms with van der Waals surface area (Å²) in [7, 11) is 0. The van der Waals surface area contributed by atoms with E-state index in [0.717, 1.165) is 22.0 Å². The first-order valence-electron chi connectivity index (χ1n) is 9.86. The maximum Gasteiger partial charge on any atom is 0.196 e. The third-order valence-corrected chi connectivity index (χ3v) is 5.37. The largest absolute Gasteiger partial charge is 0.369 e. The number of rotatable bonds is 2. The quantitative estimate of drug-likeness (QED) is 0.523. The normalized spacial score (nSPS) is 14.8. The van der Waals surface area contributed by atoms with Crippen molar-refractivity contribution in [2.24, 2.45) is 10.7 Å². The Hall–Kier alpha value is -3.66. The summed E-state index contributed by atoms with van der Waals surface area (Å²) in [6.07, 6.45) is 0. The van der Waals surface area contributed by atoms with Crippen LogP contribution in [0.15, 0.2) is 47.5 Å². The molecule has 0 atom stereocenters. The topological polar surface area (TPSA) is 81.5 Å². The van der Waals surface area contributed by atoms with Crippen LogP contribution in [0.25, 0.3) is 10.9 Å². The highest BCUT2D eigenvalue weighted by molar-refractivity contribution is 5.84. The minimum atomic E-state index is -0.287. The number of piperazine rings is 1. The molecule has 7 heteroatoms. The molecule has 1 aliphatic rings. The summed E-state index contributed by atoms with van der Waals surface area (Å²) in [5, 5.41) is 10.6. The maximum absolute atomic E-state index is 13.3. The van der Waals surface area contributed by atoms with Gasteiger partial charge >= 0.3 is 0 Å². The molecule has 0 spiro atoms. The molecule has 1 saturated heterocycles. The number of hydrogen-bond donors (Lipinski definition) is 1. The zero-order valence-electron chi connectivity index (χ0n) is 17.1. The fourth-order valence-corrected chi connectivity index (χ4v) is 3.69. The number of guanidine groups is 1. The number of anilines is 1. The zero-order chi connectivity index (χ0) is 21.3. The van der Waals surface area contributed by atoms with Gasteiger partial charge in [-0.05, 0) is 55.8 Å². The van der Waals surface area contributed by atoms with Gasteiger partial charge in [0.1, 0.15) is 17.7 Å². The van der Waals surface area contributed by atoms with Crippen LogP contribution in [0.2, 0.25) is 0 Å². The Morgan fingerprint density at radius 3 is 2.57 bits per heavy atom. The van der Waals surface area contributed by atoms with Gasteiger partial charge in [-0.25, -0.2) is 14.4 Å². The first-order chi connectivity index (χ1) is 14.4. The second-order valence-electron chi connectivity index (χ2n) is 7.54. The SMILES string of the molecule is Cc1ccc2nc(N3CCN(C(N)=Nc4ccc(F)cc4C)CC3)c(C#N)cc2c1. The van der Waals surface area contributed by atoms with Crippen LogP contribution in [-0.2, 0) is 0 Å². The van der Waals surface area contributed by atoms with E-state index in [2.05, 4.69) is 16.0 Å². The van der Waals surface area contributed by atoms with E-state index in [-0.39, 0.29) is 5.82 Å². The van der Waals surface area contributed by atoms with Crippen LogP contribution < -0.4 is 10.6 Å². The number of aromatic nitrogens is 1. The molecule has 2 N–H and O–H groups in total. The van der Waals surface area contributed by atoms with Crippen LogP contribution in [0, 0.1) is 31.0 Å². The number of fused-ring (bicyclic) bond motifs is 1. The van der Waals surface area contributed by atoms with Crippen molar-refractivity contribution >= 4 is 28.4 Å². The molecule has 1 aromatic heterocycles. The summed E-state index contributed by atoms with van der Waals surface area (Å²) in [6.45, 7) is 6.51. The minimum Gasteiger partial charge on any atom is -0.369 e. The number of nitrogens with zero attached hydrogens (tertiary/aromatic N) is 5. The lowest BCUT2D eigenvalue weighted by molar-refractivity contribution is 0.381. The lowest BCUT2D eigenvalue weighted by Crippen LogP contribution is -2.51. The van der Waals surface area contributed by atoms with Crippen LogP contribution in [0.1, 0.15) is 16.7 Å². The van der Waals surface area contributed by atoms with E-state index in [4.69, 9.17) is 10.7 Å². The summed E-state index contributed by atoms with van der Waals surface area (Å²) in [5.41, 5.74) is 10.2. The molecule has 6 nitrogen and oxygen atoms in total. The smallest absolute Gasteiger partial charge is 0.196 e. The van der Waals surface area contributed by atoms with Crippen molar-refractivity contribution in [3.8, 4) is 6.07 Å². The fourth-order valence-electron chi connectivity index (χ4n) is 3.69. The number of nitrogens with two attached hydrogens (primary N) is 1. The molecule has 0 amide bonds. The van der Waals surface area contributed by atoms with Crippen molar-refractivity contribution in [3.63, 3.8) is 0 Å². The van der Waals surface area contributed by atoms with Gasteiger partial charge in [0.2, 0.25) is 0 Å². The molecule has 0 radical (unpaired) electrons. The monoisotopic (exact) mass is 402 g/mol.